The Hall–Kier alpha value is -1.61. The van der Waals surface area contributed by atoms with Crippen LogP contribution >= 0.6 is 11.8 Å². The molecule has 1 heterocycles. The van der Waals surface area contributed by atoms with Crippen molar-refractivity contribution < 1.29 is 32.5 Å². The number of methoxy groups -OCH3 is 2. The number of likely N-dealkylation sites (tertiary alicyclic amines) is 1. The van der Waals surface area contributed by atoms with Gasteiger partial charge in [0, 0.05) is 13.1 Å². The normalized spacial score (nSPS) is 18.4. The van der Waals surface area contributed by atoms with E-state index in [0.29, 0.717) is 18.5 Å². The Morgan fingerprint density at radius 2 is 2.09 bits per heavy atom. The minimum absolute atomic E-state index is 0.0111. The highest BCUT2D eigenvalue weighted by Crippen LogP contribution is 2.46. The van der Waals surface area contributed by atoms with Crippen molar-refractivity contribution in [2.45, 2.75) is 29.4 Å². The van der Waals surface area contributed by atoms with Crippen molar-refractivity contribution in [1.29, 1.82) is 0 Å². The lowest BCUT2D eigenvalue weighted by molar-refractivity contribution is -0.148. The molecule has 0 bridgehead atoms. The number of carbonyl (C=O) groups is 1. The smallest absolute Gasteiger partial charge is 0.446 e. The lowest BCUT2D eigenvalue weighted by Crippen LogP contribution is -2.51. The lowest BCUT2D eigenvalue weighted by atomic mass is 10.0. The van der Waals surface area contributed by atoms with Crippen LogP contribution in [0.2, 0.25) is 0 Å². The summed E-state index contributed by atoms with van der Waals surface area (Å²) in [5.41, 5.74) is -3.92. The third-order valence-corrected chi connectivity index (χ3v) is 4.29. The number of hydrogen-bond donors (Lipinski definition) is 1. The second kappa shape index (κ2) is 6.88. The molecule has 1 aromatic carbocycles. The first-order chi connectivity index (χ1) is 10.7. The molecule has 128 valence electrons. The lowest BCUT2D eigenvalue weighted by Gasteiger charge is -2.38. The van der Waals surface area contributed by atoms with Crippen LogP contribution in [-0.4, -0.2) is 48.3 Å². The monoisotopic (exact) mass is 351 g/mol. The Balaban J connectivity index is 2.29. The standard InChI is InChI=1S/C14H16F3NO4S/c1-21-10-5-8(7-18-4-3-9(18)13(19)20)6-11(12(10)22-2)23-14(15,16)17/h5-6,9H,3-4,7H2,1-2H3,(H,19,20)/t9-/m1/s1. The van der Waals surface area contributed by atoms with Crippen LogP contribution < -0.4 is 9.47 Å². The predicted molar refractivity (Wildman–Crippen MR) is 77.9 cm³/mol. The number of benzene rings is 1. The van der Waals surface area contributed by atoms with Crippen molar-refractivity contribution >= 4 is 17.7 Å². The number of hydrogen-bond acceptors (Lipinski definition) is 5. The Morgan fingerprint density at radius 1 is 1.39 bits per heavy atom. The summed E-state index contributed by atoms with van der Waals surface area (Å²) < 4.78 is 48.3. The van der Waals surface area contributed by atoms with Crippen molar-refractivity contribution in [3.8, 4) is 11.5 Å². The average Bonchev–Trinajstić information content (AvgIpc) is 2.40. The number of alkyl halides is 3. The molecule has 2 rings (SSSR count). The van der Waals surface area contributed by atoms with E-state index in [4.69, 9.17) is 14.6 Å². The third kappa shape index (κ3) is 4.23. The van der Waals surface area contributed by atoms with Gasteiger partial charge in [0.15, 0.2) is 11.5 Å². The summed E-state index contributed by atoms with van der Waals surface area (Å²) in [6.45, 7) is 0.829. The third-order valence-electron chi connectivity index (χ3n) is 3.53. The predicted octanol–water partition coefficient (Wildman–Crippen LogP) is 2.97. The van der Waals surface area contributed by atoms with Gasteiger partial charge < -0.3 is 14.6 Å². The van der Waals surface area contributed by atoms with E-state index in [1.54, 1.807) is 11.0 Å². The molecule has 0 unspecified atom stereocenters. The zero-order valence-electron chi connectivity index (χ0n) is 12.5. The van der Waals surface area contributed by atoms with E-state index >= 15 is 0 Å². The van der Waals surface area contributed by atoms with E-state index in [-0.39, 0.29) is 34.7 Å². The minimum atomic E-state index is -4.46. The summed E-state index contributed by atoms with van der Waals surface area (Å²) in [6, 6.07) is 2.33. The number of carboxylic acid groups (broad SMARTS) is 1. The molecule has 1 N–H and O–H groups in total. The van der Waals surface area contributed by atoms with Crippen molar-refractivity contribution in [2.24, 2.45) is 0 Å². The first-order valence-corrected chi connectivity index (χ1v) is 7.54. The van der Waals surface area contributed by atoms with Gasteiger partial charge in [-0.15, -0.1) is 0 Å². The highest BCUT2D eigenvalue weighted by atomic mass is 32.2. The van der Waals surface area contributed by atoms with Gasteiger partial charge in [-0.05, 0) is 35.9 Å². The average molecular weight is 351 g/mol. The van der Waals surface area contributed by atoms with E-state index < -0.39 is 17.5 Å². The molecular weight excluding hydrogens is 335 g/mol. The molecule has 9 heteroatoms. The van der Waals surface area contributed by atoms with E-state index in [2.05, 4.69) is 0 Å². The van der Waals surface area contributed by atoms with E-state index in [9.17, 15) is 18.0 Å². The molecule has 5 nitrogen and oxygen atoms in total. The first-order valence-electron chi connectivity index (χ1n) is 6.72. The van der Waals surface area contributed by atoms with E-state index in [1.807, 2.05) is 0 Å². The number of nitrogens with zero attached hydrogens (tertiary/aromatic N) is 1. The zero-order chi connectivity index (χ0) is 17.2. The topological polar surface area (TPSA) is 59.0 Å². The van der Waals surface area contributed by atoms with E-state index in [1.165, 1.54) is 20.3 Å². The van der Waals surface area contributed by atoms with Crippen LogP contribution in [0.3, 0.4) is 0 Å². The first kappa shape index (κ1) is 17.7. The summed E-state index contributed by atoms with van der Waals surface area (Å²) in [7, 11) is 2.61. The van der Waals surface area contributed by atoms with Gasteiger partial charge in [-0.1, -0.05) is 0 Å². The number of halogens is 3. The zero-order valence-corrected chi connectivity index (χ0v) is 13.3. The quantitative estimate of drug-likeness (QED) is 0.795. The van der Waals surface area contributed by atoms with Gasteiger partial charge in [0.05, 0.1) is 19.1 Å². The Kier molecular flexibility index (Phi) is 5.30. The highest BCUT2D eigenvalue weighted by Gasteiger charge is 2.35. The maximum atomic E-state index is 12.7. The molecule has 1 saturated heterocycles. The van der Waals surface area contributed by atoms with Gasteiger partial charge in [-0.25, -0.2) is 0 Å². The fourth-order valence-electron chi connectivity index (χ4n) is 2.42. The summed E-state index contributed by atoms with van der Waals surface area (Å²) in [5, 5.41) is 9.03. The fourth-order valence-corrected chi connectivity index (χ4v) is 3.16. The largest absolute Gasteiger partial charge is 0.493 e. The van der Waals surface area contributed by atoms with Crippen molar-refractivity contribution in [3.05, 3.63) is 17.7 Å². The number of ether oxygens (including phenoxy) is 2. The SMILES string of the molecule is COc1cc(CN2CC[C@@H]2C(=O)O)cc(SC(F)(F)F)c1OC. The molecule has 1 aliphatic rings. The van der Waals surface area contributed by atoms with E-state index in [0.717, 1.165) is 0 Å². The summed E-state index contributed by atoms with van der Waals surface area (Å²) in [4.78, 5) is 12.6. The number of rotatable bonds is 6. The molecule has 0 aliphatic carbocycles. The fraction of sp³-hybridized carbons (Fsp3) is 0.500. The van der Waals surface area contributed by atoms with Crippen LogP contribution in [0.25, 0.3) is 0 Å². The van der Waals surface area contributed by atoms with Gasteiger partial charge in [0.2, 0.25) is 0 Å². The minimum Gasteiger partial charge on any atom is -0.493 e. The maximum Gasteiger partial charge on any atom is 0.446 e. The summed E-state index contributed by atoms with van der Waals surface area (Å²) in [6.07, 6.45) is 0.535. The highest BCUT2D eigenvalue weighted by molar-refractivity contribution is 8.00. The Morgan fingerprint density at radius 3 is 2.52 bits per heavy atom. The molecule has 1 atom stereocenters. The molecule has 0 aromatic heterocycles. The molecule has 1 aromatic rings. The van der Waals surface area contributed by atoms with Gasteiger partial charge in [0.25, 0.3) is 0 Å². The molecule has 23 heavy (non-hydrogen) atoms. The molecule has 0 spiro atoms. The number of carboxylic acids is 1. The molecular formula is C14H16F3NO4S. The van der Waals surface area contributed by atoms with Crippen LogP contribution in [0.1, 0.15) is 12.0 Å². The van der Waals surface area contributed by atoms with Crippen molar-refractivity contribution in [1.82, 2.24) is 4.90 Å². The van der Waals surface area contributed by atoms with Gasteiger partial charge in [0.1, 0.15) is 6.04 Å². The van der Waals surface area contributed by atoms with Crippen LogP contribution in [0.4, 0.5) is 13.2 Å². The van der Waals surface area contributed by atoms with Crippen LogP contribution in [-0.2, 0) is 11.3 Å². The Bertz CT molecular complexity index is 594. The van der Waals surface area contributed by atoms with Gasteiger partial charge in [-0.3, -0.25) is 9.69 Å². The molecule has 0 saturated carbocycles. The van der Waals surface area contributed by atoms with Crippen LogP contribution in [0.15, 0.2) is 17.0 Å². The van der Waals surface area contributed by atoms with Crippen molar-refractivity contribution in [3.63, 3.8) is 0 Å². The summed E-state index contributed by atoms with van der Waals surface area (Å²) >= 11 is -0.284. The second-order valence-electron chi connectivity index (χ2n) is 4.99. The molecule has 0 radical (unpaired) electrons. The van der Waals surface area contributed by atoms with Crippen LogP contribution in [0.5, 0.6) is 11.5 Å². The van der Waals surface area contributed by atoms with Gasteiger partial charge in [-0.2, -0.15) is 13.2 Å². The molecule has 1 aliphatic heterocycles. The van der Waals surface area contributed by atoms with Gasteiger partial charge >= 0.3 is 11.5 Å². The second-order valence-corrected chi connectivity index (χ2v) is 6.10. The number of aliphatic carboxylic acids is 1. The molecule has 1 fully saturated rings. The number of thioether (sulfide) groups is 1. The van der Waals surface area contributed by atoms with Crippen LogP contribution in [0, 0.1) is 0 Å². The Labute approximate surface area is 135 Å². The maximum absolute atomic E-state index is 12.7. The molecule has 0 amide bonds. The summed E-state index contributed by atoms with van der Waals surface area (Å²) in [5.74, 6) is -0.734. The van der Waals surface area contributed by atoms with Crippen molar-refractivity contribution in [2.75, 3.05) is 20.8 Å².